The van der Waals surface area contributed by atoms with Crippen LogP contribution in [0.3, 0.4) is 0 Å². The lowest BCUT2D eigenvalue weighted by Gasteiger charge is -1.98. The van der Waals surface area contributed by atoms with Gasteiger partial charge in [-0.05, 0) is 12.1 Å². The minimum Gasteiger partial charge on any atom is -0.258 e. The maximum absolute atomic E-state index is 10.4. The summed E-state index contributed by atoms with van der Waals surface area (Å²) in [7, 11) is 0. The third-order valence-corrected chi connectivity index (χ3v) is 1.64. The summed E-state index contributed by atoms with van der Waals surface area (Å²) in [5.74, 6) is 0. The second-order valence-corrected chi connectivity index (χ2v) is 2.53. The molecular formula is C6H4ClN3O3. The Balaban J connectivity index is 3.10. The summed E-state index contributed by atoms with van der Waals surface area (Å²) in [4.78, 5) is 19.5. The predicted octanol–water partition coefficient (Wildman–Crippen LogP) is 2.34. The lowest BCUT2D eigenvalue weighted by atomic mass is 10.3. The summed E-state index contributed by atoms with van der Waals surface area (Å²) in [6.45, 7) is 0. The molecule has 0 radical (unpaired) electrons. The number of halogens is 1. The average molecular weight is 202 g/mol. The summed E-state index contributed by atoms with van der Waals surface area (Å²) < 4.78 is 0. The molecule has 0 aliphatic rings. The molecule has 6 nitrogen and oxygen atoms in total. The molecule has 0 unspecified atom stereocenters. The van der Waals surface area contributed by atoms with E-state index in [0.717, 1.165) is 6.07 Å². The fourth-order valence-corrected chi connectivity index (χ4v) is 0.961. The minimum atomic E-state index is -0.641. The topological polar surface area (TPSA) is 84.6 Å². The normalized spacial score (nSPS) is 9.31. The molecule has 1 rings (SSSR count). The molecule has 1 aromatic rings. The Kier molecular flexibility index (Phi) is 2.76. The van der Waals surface area contributed by atoms with Crippen molar-refractivity contribution in [2.45, 2.75) is 0 Å². The van der Waals surface area contributed by atoms with Gasteiger partial charge in [0, 0.05) is 6.07 Å². The van der Waals surface area contributed by atoms with E-state index in [0.29, 0.717) is 0 Å². The number of benzene rings is 1. The first-order chi connectivity index (χ1) is 6.15. The van der Waals surface area contributed by atoms with Crippen molar-refractivity contribution in [1.82, 2.24) is 0 Å². The summed E-state index contributed by atoms with van der Waals surface area (Å²) >= 11 is 5.51. The monoisotopic (exact) mass is 201 g/mol. The first-order valence-corrected chi connectivity index (χ1v) is 3.55. The van der Waals surface area contributed by atoms with E-state index in [9.17, 15) is 15.0 Å². The van der Waals surface area contributed by atoms with E-state index in [-0.39, 0.29) is 16.4 Å². The van der Waals surface area contributed by atoms with Gasteiger partial charge in [-0.25, -0.2) is 5.43 Å². The van der Waals surface area contributed by atoms with Crippen molar-refractivity contribution < 1.29 is 4.92 Å². The van der Waals surface area contributed by atoms with Crippen LogP contribution < -0.4 is 5.43 Å². The molecule has 0 aliphatic heterocycles. The van der Waals surface area contributed by atoms with E-state index < -0.39 is 4.92 Å². The van der Waals surface area contributed by atoms with Crippen LogP contribution in [0.25, 0.3) is 0 Å². The Morgan fingerprint density at radius 2 is 2.23 bits per heavy atom. The first kappa shape index (κ1) is 9.40. The highest BCUT2D eigenvalue weighted by molar-refractivity contribution is 6.32. The number of nitroso groups, excluding NO2 is 1. The predicted molar refractivity (Wildman–Crippen MR) is 47.5 cm³/mol. The number of rotatable bonds is 3. The number of hydrogen-bond donors (Lipinski definition) is 1. The van der Waals surface area contributed by atoms with Crippen molar-refractivity contribution in [2.75, 3.05) is 5.43 Å². The molecular weight excluding hydrogens is 198 g/mol. The van der Waals surface area contributed by atoms with Gasteiger partial charge in [0.25, 0.3) is 5.69 Å². The summed E-state index contributed by atoms with van der Waals surface area (Å²) in [5.41, 5.74) is 2.00. The molecule has 1 aromatic carbocycles. The van der Waals surface area contributed by atoms with Crippen LogP contribution in [0.5, 0.6) is 0 Å². The van der Waals surface area contributed by atoms with Crippen molar-refractivity contribution in [3.63, 3.8) is 0 Å². The Labute approximate surface area is 77.6 Å². The maximum Gasteiger partial charge on any atom is 0.290 e. The Bertz CT molecular complexity index is 355. The lowest BCUT2D eigenvalue weighted by Crippen LogP contribution is -1.92. The number of nitro groups is 1. The fourth-order valence-electron chi connectivity index (χ4n) is 0.775. The standard InChI is InChI=1S/C6H4ClN3O3/c7-5-2-1-4(8-9-11)3-6(5)10(12)13/h1-3H,(H,8,11). The zero-order valence-electron chi connectivity index (χ0n) is 6.23. The van der Waals surface area contributed by atoms with Crippen LogP contribution in [0.1, 0.15) is 0 Å². The van der Waals surface area contributed by atoms with E-state index in [2.05, 4.69) is 5.29 Å². The van der Waals surface area contributed by atoms with Crippen molar-refractivity contribution in [3.8, 4) is 0 Å². The van der Waals surface area contributed by atoms with Crippen LogP contribution in [0.15, 0.2) is 23.5 Å². The molecule has 0 saturated heterocycles. The van der Waals surface area contributed by atoms with Gasteiger partial charge in [-0.3, -0.25) is 10.1 Å². The molecule has 0 fully saturated rings. The molecule has 0 spiro atoms. The molecule has 0 atom stereocenters. The molecule has 7 heteroatoms. The molecule has 1 N–H and O–H groups in total. The van der Waals surface area contributed by atoms with Crippen LogP contribution in [0, 0.1) is 15.0 Å². The van der Waals surface area contributed by atoms with E-state index in [4.69, 9.17) is 11.6 Å². The van der Waals surface area contributed by atoms with Crippen LogP contribution in [-0.2, 0) is 0 Å². The summed E-state index contributed by atoms with van der Waals surface area (Å²) in [5, 5.41) is 12.7. The molecule has 0 heterocycles. The van der Waals surface area contributed by atoms with Crippen LogP contribution in [0.4, 0.5) is 11.4 Å². The molecule has 68 valence electrons. The van der Waals surface area contributed by atoms with Gasteiger partial charge in [-0.2, -0.15) is 0 Å². The largest absolute Gasteiger partial charge is 0.290 e. The van der Waals surface area contributed by atoms with E-state index in [1.165, 1.54) is 12.1 Å². The zero-order valence-corrected chi connectivity index (χ0v) is 6.99. The Morgan fingerprint density at radius 3 is 2.77 bits per heavy atom. The number of nitrogens with one attached hydrogen (secondary N) is 1. The Hall–Kier alpha value is -1.69. The van der Waals surface area contributed by atoms with Crippen molar-refractivity contribution in [2.24, 2.45) is 5.29 Å². The van der Waals surface area contributed by atoms with Gasteiger partial charge in [-0.15, -0.1) is 4.91 Å². The van der Waals surface area contributed by atoms with E-state index >= 15 is 0 Å². The summed E-state index contributed by atoms with van der Waals surface area (Å²) in [6, 6.07) is 3.85. The number of nitro benzene ring substituents is 1. The number of anilines is 1. The highest BCUT2D eigenvalue weighted by atomic mass is 35.5. The molecule has 0 amide bonds. The zero-order chi connectivity index (χ0) is 9.84. The quantitative estimate of drug-likeness (QED) is 0.462. The molecule has 0 aromatic heterocycles. The van der Waals surface area contributed by atoms with E-state index in [1.54, 1.807) is 0 Å². The smallest absolute Gasteiger partial charge is 0.258 e. The average Bonchev–Trinajstić information content (AvgIpc) is 2.08. The Morgan fingerprint density at radius 1 is 1.54 bits per heavy atom. The van der Waals surface area contributed by atoms with Crippen LogP contribution >= 0.6 is 11.6 Å². The lowest BCUT2D eigenvalue weighted by molar-refractivity contribution is -0.384. The van der Waals surface area contributed by atoms with Crippen LogP contribution in [0.2, 0.25) is 5.02 Å². The summed E-state index contributed by atoms with van der Waals surface area (Å²) in [6.07, 6.45) is 0. The third-order valence-electron chi connectivity index (χ3n) is 1.32. The number of nitrogens with zero attached hydrogens (tertiary/aromatic N) is 2. The van der Waals surface area contributed by atoms with Gasteiger partial charge in [0.15, 0.2) is 0 Å². The molecule has 13 heavy (non-hydrogen) atoms. The van der Waals surface area contributed by atoms with Crippen molar-refractivity contribution in [3.05, 3.63) is 38.2 Å². The molecule has 0 saturated carbocycles. The maximum atomic E-state index is 10.4. The fraction of sp³-hybridized carbons (Fsp3) is 0. The number of hydrogen-bond acceptors (Lipinski definition) is 4. The van der Waals surface area contributed by atoms with E-state index in [1.807, 2.05) is 5.43 Å². The van der Waals surface area contributed by atoms with Gasteiger partial charge in [0.1, 0.15) is 5.02 Å². The second-order valence-electron chi connectivity index (χ2n) is 2.13. The van der Waals surface area contributed by atoms with Crippen LogP contribution in [-0.4, -0.2) is 4.92 Å². The first-order valence-electron chi connectivity index (χ1n) is 3.17. The third kappa shape index (κ3) is 2.12. The SMILES string of the molecule is O=NNc1ccc(Cl)c([N+](=O)[O-])c1. The van der Waals surface area contributed by atoms with Gasteiger partial charge in [0.05, 0.1) is 15.9 Å². The highest BCUT2D eigenvalue weighted by Crippen LogP contribution is 2.27. The van der Waals surface area contributed by atoms with Gasteiger partial charge in [-0.1, -0.05) is 11.6 Å². The van der Waals surface area contributed by atoms with Crippen molar-refractivity contribution in [1.29, 1.82) is 0 Å². The second kappa shape index (κ2) is 3.81. The van der Waals surface area contributed by atoms with Gasteiger partial charge < -0.3 is 0 Å². The highest BCUT2D eigenvalue weighted by Gasteiger charge is 2.12. The van der Waals surface area contributed by atoms with Gasteiger partial charge in [0.2, 0.25) is 0 Å². The molecule has 0 bridgehead atoms. The minimum absolute atomic E-state index is 0.0152. The molecule has 0 aliphatic carbocycles. The van der Waals surface area contributed by atoms with Gasteiger partial charge >= 0.3 is 0 Å². The van der Waals surface area contributed by atoms with Crippen molar-refractivity contribution >= 4 is 23.0 Å².